The minimum atomic E-state index is -0.359. The second kappa shape index (κ2) is 16.8. The second-order valence-electron chi connectivity index (χ2n) is 22.5. The van der Waals surface area contributed by atoms with Gasteiger partial charge in [-0.15, -0.1) is 4.58 Å². The SMILES string of the molecule is C1=CC2=CC=CC3=C4C=c5oc6cc7c(cc6c5=C5C=CC=C(C(=C1)C23)C45)OC1C=CC=CC1=[N+]7c1cc(-c2cccnc2)c2ccc3c(N(c4ccccc4)c4ccc5oc6ccccc6c5c4)cc(-c4cccnc4)c4ccc1c2c43. The summed E-state index contributed by atoms with van der Waals surface area (Å²) >= 11 is 0. The Hall–Kier alpha value is -10.9. The van der Waals surface area contributed by atoms with E-state index in [2.05, 4.69) is 216 Å². The van der Waals surface area contributed by atoms with E-state index in [4.69, 9.17) is 23.5 Å². The van der Waals surface area contributed by atoms with E-state index < -0.39 is 0 Å². The van der Waals surface area contributed by atoms with Gasteiger partial charge in [0.25, 0.3) is 5.69 Å². The van der Waals surface area contributed by atoms with Crippen LogP contribution in [0.2, 0.25) is 0 Å². The van der Waals surface area contributed by atoms with Gasteiger partial charge in [-0.05, 0) is 134 Å². The van der Waals surface area contributed by atoms with Crippen molar-refractivity contribution in [3.8, 4) is 28.0 Å². The van der Waals surface area contributed by atoms with Crippen molar-refractivity contribution in [1.82, 2.24) is 14.5 Å². The van der Waals surface area contributed by atoms with Crippen molar-refractivity contribution in [2.45, 2.75) is 6.10 Å². The molecule has 0 saturated heterocycles. The molecule has 8 aromatic carbocycles. The number of para-hydroxylation sites is 2. The van der Waals surface area contributed by atoms with E-state index in [-0.39, 0.29) is 17.9 Å². The molecule has 386 valence electrons. The van der Waals surface area contributed by atoms with Crippen LogP contribution in [0, 0.1) is 11.8 Å². The number of hydrogen-bond donors (Lipinski definition) is 0. The van der Waals surface area contributed by atoms with Gasteiger partial charge in [-0.3, -0.25) is 9.97 Å². The number of fused-ring (bicyclic) bond motifs is 9. The minimum absolute atomic E-state index is 0.101. The summed E-state index contributed by atoms with van der Waals surface area (Å²) in [4.78, 5) is 11.9. The molecule has 7 aliphatic rings. The van der Waals surface area contributed by atoms with E-state index in [0.29, 0.717) is 0 Å². The van der Waals surface area contributed by atoms with Gasteiger partial charge in [0.15, 0.2) is 5.75 Å². The Labute approximate surface area is 475 Å². The average molecular weight is 1060 g/mol. The van der Waals surface area contributed by atoms with Gasteiger partial charge >= 0.3 is 0 Å². The Morgan fingerprint density at radius 3 is 2.05 bits per heavy atom. The first-order valence-electron chi connectivity index (χ1n) is 28.4. The fourth-order valence-electron chi connectivity index (χ4n) is 14.8. The molecule has 3 atom stereocenters. The van der Waals surface area contributed by atoms with Crippen molar-refractivity contribution in [2.24, 2.45) is 11.8 Å². The molecule has 7 heteroatoms. The van der Waals surface area contributed by atoms with Crippen LogP contribution in [0.5, 0.6) is 5.75 Å². The van der Waals surface area contributed by atoms with Crippen LogP contribution in [0.25, 0.3) is 99.1 Å². The third kappa shape index (κ3) is 6.30. The summed E-state index contributed by atoms with van der Waals surface area (Å²) in [6.45, 7) is 0. The van der Waals surface area contributed by atoms with Crippen LogP contribution in [-0.4, -0.2) is 21.8 Å². The summed E-state index contributed by atoms with van der Waals surface area (Å²) in [5, 5.41) is 11.1. The number of anilines is 3. The molecule has 0 amide bonds. The average Bonchev–Trinajstić information content (AvgIpc) is 3.28. The van der Waals surface area contributed by atoms with Crippen molar-refractivity contribution >= 4 is 111 Å². The fraction of sp³-hybridized carbons (Fsp3) is 0.0395. The summed E-state index contributed by atoms with van der Waals surface area (Å²) in [5.74, 6) is 1.10. The highest BCUT2D eigenvalue weighted by Gasteiger charge is 2.43. The minimum Gasteiger partial charge on any atom is -0.468 e. The Morgan fingerprint density at radius 1 is 0.470 bits per heavy atom. The van der Waals surface area contributed by atoms with Gasteiger partial charge in [-0.1, -0.05) is 134 Å². The van der Waals surface area contributed by atoms with Gasteiger partial charge in [-0.25, -0.2) is 0 Å². The molecule has 0 bridgehead atoms. The normalized spacial score (nSPS) is 18.8. The van der Waals surface area contributed by atoms with Gasteiger partial charge in [0.05, 0.1) is 17.1 Å². The zero-order chi connectivity index (χ0) is 54.0. The van der Waals surface area contributed by atoms with Crippen LogP contribution >= 0.6 is 0 Å². The zero-order valence-electron chi connectivity index (χ0n) is 44.5. The summed E-state index contributed by atoms with van der Waals surface area (Å²) in [6, 6.07) is 52.5. The maximum Gasteiger partial charge on any atom is 0.257 e. The first kappa shape index (κ1) is 44.9. The predicted molar refractivity (Wildman–Crippen MR) is 337 cm³/mol. The Balaban J connectivity index is 0.895. The Kier molecular flexibility index (Phi) is 9.11. The van der Waals surface area contributed by atoms with Crippen molar-refractivity contribution in [3.05, 3.63) is 288 Å². The van der Waals surface area contributed by atoms with Crippen LogP contribution in [0.3, 0.4) is 0 Å². The van der Waals surface area contributed by atoms with Gasteiger partial charge in [0, 0.05) is 109 Å². The molecule has 0 fully saturated rings. The molecular weight excluding hydrogens is 1020 g/mol. The van der Waals surface area contributed by atoms with Gasteiger partial charge in [0.1, 0.15) is 22.2 Å². The van der Waals surface area contributed by atoms with E-state index >= 15 is 0 Å². The molecule has 83 heavy (non-hydrogen) atoms. The lowest BCUT2D eigenvalue weighted by Gasteiger charge is -2.41. The zero-order valence-corrected chi connectivity index (χ0v) is 44.5. The van der Waals surface area contributed by atoms with Crippen molar-refractivity contribution in [3.63, 3.8) is 0 Å². The lowest BCUT2D eigenvalue weighted by atomic mass is 9.61. The van der Waals surface area contributed by atoms with E-state index in [1.165, 1.54) is 33.4 Å². The topological polar surface area (TPSA) is 67.5 Å². The van der Waals surface area contributed by atoms with Crippen LogP contribution < -0.4 is 24.8 Å². The molecule has 0 N–H and O–H groups in total. The number of furan rings is 2. The quantitative estimate of drug-likeness (QED) is 0.122. The van der Waals surface area contributed by atoms with Gasteiger partial charge < -0.3 is 18.5 Å². The number of aromatic nitrogens is 2. The monoisotopic (exact) mass is 1060 g/mol. The largest absolute Gasteiger partial charge is 0.468 e. The molecule has 3 unspecified atom stereocenters. The number of pyridine rings is 2. The predicted octanol–water partition coefficient (Wildman–Crippen LogP) is 17.0. The maximum atomic E-state index is 7.19. The second-order valence-corrected chi connectivity index (χ2v) is 22.5. The van der Waals surface area contributed by atoms with Crippen LogP contribution in [0.4, 0.5) is 28.4 Å². The van der Waals surface area contributed by atoms with Gasteiger partial charge in [0.2, 0.25) is 17.5 Å². The molecule has 7 nitrogen and oxygen atoms in total. The highest BCUT2D eigenvalue weighted by Crippen LogP contribution is 2.55. The molecule has 6 aliphatic carbocycles. The molecule has 12 aromatic rings. The van der Waals surface area contributed by atoms with Crippen molar-refractivity contribution in [1.29, 1.82) is 0 Å². The first-order chi connectivity index (χ1) is 41.2. The smallest absolute Gasteiger partial charge is 0.257 e. The molecule has 19 rings (SSSR count). The van der Waals surface area contributed by atoms with Crippen LogP contribution in [0.1, 0.15) is 0 Å². The molecule has 0 spiro atoms. The lowest BCUT2D eigenvalue weighted by Crippen LogP contribution is -2.37. The molecule has 1 aliphatic heterocycles. The molecule has 0 saturated carbocycles. The van der Waals surface area contributed by atoms with E-state index in [1.54, 1.807) is 0 Å². The standard InChI is InChI=1S/C76H45N4O3/c1-2-17-46(18-3-1)79(47-27-32-67-59(35-47)48-19-4-6-25-66(48)81-67)63-36-57(44-15-11-33-77-41-44)52-29-31-55-64(37-58(45-16-12-34-78-42-45)53-28-30-54(63)75(52)76(53)55)80-62-24-5-7-26-68(62)82-70-39-61-69(40-65(70)80)83-71-38-60-51-21-9-14-43-13-8-20-49(72(43)51)50-22-10-23-56(73(50)60)74(61)71/h1-42,68,72-73H/q+1. The number of rotatable bonds is 6. The van der Waals surface area contributed by atoms with Crippen LogP contribution in [0.15, 0.2) is 286 Å². The molecular formula is C76H45N4O3+. The third-order valence-electron chi connectivity index (χ3n) is 18.2. The van der Waals surface area contributed by atoms with Crippen LogP contribution in [-0.2, 0) is 0 Å². The fourth-order valence-corrected chi connectivity index (χ4v) is 14.8. The number of nitrogens with zero attached hydrogens (tertiary/aromatic N) is 4. The first-order valence-corrected chi connectivity index (χ1v) is 28.4. The molecule has 4 aromatic heterocycles. The summed E-state index contributed by atoms with van der Waals surface area (Å²) in [5.41, 5.74) is 21.7. The Morgan fingerprint density at radius 2 is 1.20 bits per heavy atom. The maximum absolute atomic E-state index is 7.19. The highest BCUT2D eigenvalue weighted by atomic mass is 16.5. The number of allylic oxidation sites excluding steroid dienone is 16. The number of ether oxygens (including phenoxy) is 1. The summed E-state index contributed by atoms with van der Waals surface area (Å²) < 4.78 is 23.2. The van der Waals surface area contributed by atoms with E-state index in [9.17, 15) is 0 Å². The number of benzene rings is 8. The summed E-state index contributed by atoms with van der Waals surface area (Å²) in [7, 11) is 0. The van der Waals surface area contributed by atoms with Crippen molar-refractivity contribution in [2.75, 3.05) is 4.90 Å². The molecule has 5 heterocycles. The summed E-state index contributed by atoms with van der Waals surface area (Å²) in [6.07, 6.45) is 38.7. The number of hydrogen-bond acceptors (Lipinski definition) is 6. The third-order valence-corrected chi connectivity index (χ3v) is 18.2. The van der Waals surface area contributed by atoms with E-state index in [0.717, 1.165) is 138 Å². The van der Waals surface area contributed by atoms with Crippen molar-refractivity contribution < 1.29 is 13.6 Å². The lowest BCUT2D eigenvalue weighted by molar-refractivity contribution is 0.304. The Bertz CT molecular complexity index is 5410. The highest BCUT2D eigenvalue weighted by molar-refractivity contribution is 6.32. The molecule has 0 radical (unpaired) electrons. The van der Waals surface area contributed by atoms with E-state index in [1.807, 2.05) is 49.1 Å². The van der Waals surface area contributed by atoms with Gasteiger partial charge in [-0.2, -0.15) is 0 Å².